The highest BCUT2D eigenvalue weighted by atomic mass is 35.5. The highest BCUT2D eigenvalue weighted by Gasteiger charge is 1.92. The summed E-state index contributed by atoms with van der Waals surface area (Å²) in [6.45, 7) is 15.4. The van der Waals surface area contributed by atoms with Crippen molar-refractivity contribution in [2.24, 2.45) is 0 Å². The molecule has 0 saturated carbocycles. The van der Waals surface area contributed by atoms with Gasteiger partial charge in [-0.1, -0.05) is 25.3 Å². The molecule has 0 aliphatic rings. The van der Waals surface area contributed by atoms with Crippen molar-refractivity contribution in [3.05, 3.63) is 50.6 Å². The fourth-order valence-electron chi connectivity index (χ4n) is 0.658. The number of rotatable bonds is 11. The minimum atomic E-state index is -0.509. The molecule has 0 rings (SSSR count). The Hall–Kier alpha value is -1.15. The highest BCUT2D eigenvalue weighted by molar-refractivity contribution is 6.66. The lowest BCUT2D eigenvalue weighted by Crippen LogP contribution is -2.08. The van der Waals surface area contributed by atoms with Gasteiger partial charge >= 0.3 is 5.97 Å². The van der Waals surface area contributed by atoms with E-state index in [-0.39, 0.29) is 18.6 Å². The maximum atomic E-state index is 10.4. The Morgan fingerprint density at radius 1 is 0.885 bits per heavy atom. The van der Waals surface area contributed by atoms with E-state index >= 15 is 0 Å². The van der Waals surface area contributed by atoms with Crippen LogP contribution >= 0.6 is 34.8 Å². The largest absolute Gasteiger partial charge is 0.460 e. The number of aliphatic hydroxyl groups is 1. The van der Waals surface area contributed by atoms with Crippen LogP contribution in [-0.2, 0) is 23.8 Å². The van der Waals surface area contributed by atoms with Crippen LogP contribution in [0.3, 0.4) is 0 Å². The smallest absolute Gasteiger partial charge is 0.330 e. The molecule has 0 amide bonds. The fourth-order valence-corrected chi connectivity index (χ4v) is 0.658. The number of carbonyl (C=O) groups excluding carboxylic acids is 2. The van der Waals surface area contributed by atoms with Crippen LogP contribution in [0, 0.1) is 0 Å². The maximum Gasteiger partial charge on any atom is 0.330 e. The summed E-state index contributed by atoms with van der Waals surface area (Å²) in [4.78, 5) is 19.9. The molecule has 0 atom stereocenters. The van der Waals surface area contributed by atoms with Crippen molar-refractivity contribution in [1.82, 2.24) is 0 Å². The van der Waals surface area contributed by atoms with Crippen LogP contribution in [0.5, 0.6) is 0 Å². The van der Waals surface area contributed by atoms with Gasteiger partial charge in [0.15, 0.2) is 0 Å². The summed E-state index contributed by atoms with van der Waals surface area (Å²) in [5, 5.41) is 7.82. The van der Waals surface area contributed by atoms with Gasteiger partial charge in [-0.25, -0.2) is 4.79 Å². The van der Waals surface area contributed by atoms with Gasteiger partial charge in [0, 0.05) is 6.08 Å². The first-order valence-corrected chi connectivity index (χ1v) is 8.57. The quantitative estimate of drug-likeness (QED) is 0.134. The van der Waals surface area contributed by atoms with Crippen molar-refractivity contribution in [3.8, 4) is 0 Å². The Morgan fingerprint density at radius 2 is 1.31 bits per heavy atom. The molecule has 0 radical (unpaired) electrons. The number of ether oxygens (including phenoxy) is 3. The normalized spacial score (nSPS) is 8.00. The van der Waals surface area contributed by atoms with Gasteiger partial charge in [-0.15, -0.1) is 36.4 Å². The summed E-state index contributed by atoms with van der Waals surface area (Å²) in [6, 6.07) is 0. The van der Waals surface area contributed by atoms with Gasteiger partial charge in [0.25, 0.3) is 0 Å². The first-order valence-electron chi connectivity index (χ1n) is 7.12. The predicted molar refractivity (Wildman–Crippen MR) is 108 cm³/mol. The topological polar surface area (TPSA) is 82.1 Å². The second-order valence-corrected chi connectivity index (χ2v) is 4.61. The van der Waals surface area contributed by atoms with E-state index in [0.717, 1.165) is 12.2 Å². The van der Waals surface area contributed by atoms with Crippen LogP contribution in [0.4, 0.5) is 0 Å². The molecule has 0 aromatic carbocycles. The van der Waals surface area contributed by atoms with Crippen LogP contribution in [0.2, 0.25) is 0 Å². The Labute approximate surface area is 170 Å². The summed E-state index contributed by atoms with van der Waals surface area (Å²) >= 11 is 14.2. The standard InChI is InChI=1S/C8H12O3.C5H10O2.C3H3ClO.CH2Cl2/c1-3-5-10-6-7-11-8(9)4-2;1-2-4-7-5-3-6;1-2-3(4)5;2-1-3/h3-4H,1-2,5-7H2;2,6H,1,3-5H2;2H,1H2;1H2. The Kier molecular flexibility index (Phi) is 43.8. The average Bonchev–Trinajstić information content (AvgIpc) is 2.63. The van der Waals surface area contributed by atoms with Crippen LogP contribution in [-0.4, -0.2) is 61.3 Å². The van der Waals surface area contributed by atoms with E-state index in [2.05, 4.69) is 31.1 Å². The summed E-state index contributed by atoms with van der Waals surface area (Å²) in [6.07, 6.45) is 5.44. The van der Waals surface area contributed by atoms with Gasteiger partial charge in [-0.3, -0.25) is 4.79 Å². The number of alkyl halides is 2. The Balaban J connectivity index is -0.000000139. The molecule has 6 nitrogen and oxygen atoms in total. The summed E-state index contributed by atoms with van der Waals surface area (Å²) in [7, 11) is 0. The van der Waals surface area contributed by atoms with Gasteiger partial charge in [-0.2, -0.15) is 0 Å². The van der Waals surface area contributed by atoms with Crippen molar-refractivity contribution >= 4 is 46.0 Å². The number of aliphatic hydroxyl groups excluding tert-OH is 1. The molecule has 1 N–H and O–H groups in total. The Morgan fingerprint density at radius 3 is 1.62 bits per heavy atom. The van der Waals surface area contributed by atoms with Crippen molar-refractivity contribution < 1.29 is 28.9 Å². The SMILES string of the molecule is C=CC(=O)Cl.C=CCOCCO.C=CCOCCOC(=O)C=C.ClCCl. The molecule has 0 bridgehead atoms. The van der Waals surface area contributed by atoms with E-state index in [9.17, 15) is 9.59 Å². The zero-order chi connectivity index (χ0) is 21.1. The molecule has 0 heterocycles. The number of allylic oxidation sites excluding steroid dienone is 1. The van der Waals surface area contributed by atoms with Crippen molar-refractivity contribution in [1.29, 1.82) is 0 Å². The van der Waals surface area contributed by atoms with Gasteiger partial charge < -0.3 is 19.3 Å². The van der Waals surface area contributed by atoms with Crippen LogP contribution in [0.1, 0.15) is 0 Å². The molecular formula is C17H27Cl3O6. The highest BCUT2D eigenvalue weighted by Crippen LogP contribution is 1.81. The van der Waals surface area contributed by atoms with Gasteiger partial charge in [0.05, 0.1) is 38.4 Å². The summed E-state index contributed by atoms with van der Waals surface area (Å²) < 4.78 is 14.3. The van der Waals surface area contributed by atoms with Gasteiger partial charge in [-0.05, 0) is 17.7 Å². The third kappa shape index (κ3) is 56.9. The molecule has 0 aromatic heterocycles. The molecule has 9 heteroatoms. The minimum absolute atomic E-state index is 0.0911. The van der Waals surface area contributed by atoms with Gasteiger partial charge in [0.2, 0.25) is 5.24 Å². The van der Waals surface area contributed by atoms with Crippen LogP contribution in [0.15, 0.2) is 50.6 Å². The van der Waals surface area contributed by atoms with Crippen molar-refractivity contribution in [2.45, 2.75) is 0 Å². The monoisotopic (exact) mass is 432 g/mol. The fraction of sp³-hybridized carbons (Fsp3) is 0.412. The number of hydrogen-bond donors (Lipinski definition) is 1. The number of hydrogen-bond acceptors (Lipinski definition) is 6. The number of carbonyl (C=O) groups is 2. The van der Waals surface area contributed by atoms with E-state index in [0.29, 0.717) is 26.4 Å². The third-order valence-electron chi connectivity index (χ3n) is 1.51. The third-order valence-corrected chi connectivity index (χ3v) is 1.66. The predicted octanol–water partition coefficient (Wildman–Crippen LogP) is 3.46. The number of esters is 1. The van der Waals surface area contributed by atoms with E-state index in [1.807, 2.05) is 0 Å². The first kappa shape index (κ1) is 32.5. The molecule has 0 spiro atoms. The molecule has 0 aliphatic heterocycles. The van der Waals surface area contributed by atoms with Crippen LogP contribution < -0.4 is 0 Å². The van der Waals surface area contributed by atoms with Gasteiger partial charge in [0.1, 0.15) is 6.61 Å². The molecule has 0 unspecified atom stereocenters. The molecule has 0 aromatic rings. The summed E-state index contributed by atoms with van der Waals surface area (Å²) in [5.74, 6) is -0.424. The maximum absolute atomic E-state index is 10.4. The van der Waals surface area contributed by atoms with Crippen molar-refractivity contribution in [2.75, 3.05) is 45.0 Å². The average molecular weight is 434 g/mol. The lowest BCUT2D eigenvalue weighted by molar-refractivity contribution is -0.139. The molecule has 152 valence electrons. The molecular weight excluding hydrogens is 407 g/mol. The minimum Gasteiger partial charge on any atom is -0.460 e. The second kappa shape index (κ2) is 35.0. The first-order chi connectivity index (χ1) is 12.4. The zero-order valence-electron chi connectivity index (χ0n) is 14.7. The van der Waals surface area contributed by atoms with E-state index < -0.39 is 11.2 Å². The molecule has 26 heavy (non-hydrogen) atoms. The van der Waals surface area contributed by atoms with E-state index in [4.69, 9.17) is 49.4 Å². The van der Waals surface area contributed by atoms with E-state index in [1.165, 1.54) is 0 Å². The second-order valence-electron chi connectivity index (χ2n) is 3.43. The molecule has 0 saturated heterocycles. The zero-order valence-corrected chi connectivity index (χ0v) is 17.0. The lowest BCUT2D eigenvalue weighted by atomic mass is 10.6. The van der Waals surface area contributed by atoms with Crippen molar-refractivity contribution in [3.63, 3.8) is 0 Å². The van der Waals surface area contributed by atoms with Crippen LogP contribution in [0.25, 0.3) is 0 Å². The lowest BCUT2D eigenvalue weighted by Gasteiger charge is -2.00. The molecule has 0 aliphatic carbocycles. The number of halogens is 3. The molecule has 0 fully saturated rings. The Bertz CT molecular complexity index is 362. The summed E-state index contributed by atoms with van der Waals surface area (Å²) in [5.41, 5.74) is 0. The van der Waals surface area contributed by atoms with E-state index in [1.54, 1.807) is 12.2 Å².